The first-order chi connectivity index (χ1) is 21.6. The molecule has 0 aliphatic carbocycles. The standard InChI is InChI=1S/C38H36N3O2P/c1-3-41(4-2)30-24-25-34-36(27-38(42)43-37(34)26-30)39-28-29-16-14-15-23-35(29)40-44(31-17-8-5-9-18-31,32-19-10-6-11-20-32)33-21-12-7-13-22-33/h5-27,39H,3-4,28H2,1-2H3. The van der Waals surface area contributed by atoms with E-state index in [-0.39, 0.29) is 5.63 Å². The molecule has 1 aromatic heterocycles. The summed E-state index contributed by atoms with van der Waals surface area (Å²) in [5, 5.41) is 7.99. The van der Waals surface area contributed by atoms with Crippen LogP contribution < -0.4 is 31.8 Å². The third-order valence-corrected chi connectivity index (χ3v) is 11.6. The number of rotatable bonds is 10. The highest BCUT2D eigenvalue weighted by atomic mass is 31.2. The van der Waals surface area contributed by atoms with Gasteiger partial charge in [0.15, 0.2) is 0 Å². The Kier molecular flexibility index (Phi) is 8.76. The summed E-state index contributed by atoms with van der Waals surface area (Å²) in [7, 11) is -2.44. The predicted octanol–water partition coefficient (Wildman–Crippen LogP) is 8.06. The third kappa shape index (κ3) is 5.84. The molecule has 0 aliphatic rings. The van der Waals surface area contributed by atoms with E-state index < -0.39 is 7.05 Å². The van der Waals surface area contributed by atoms with Crippen molar-refractivity contribution in [2.45, 2.75) is 20.4 Å². The van der Waals surface area contributed by atoms with Gasteiger partial charge in [-0.25, -0.2) is 4.79 Å². The second kappa shape index (κ2) is 13.2. The van der Waals surface area contributed by atoms with Crippen molar-refractivity contribution in [2.24, 2.45) is 4.74 Å². The lowest BCUT2D eigenvalue weighted by Crippen LogP contribution is -2.25. The molecule has 1 heterocycles. The lowest BCUT2D eigenvalue weighted by molar-refractivity contribution is 0.561. The topological polar surface area (TPSA) is 57.8 Å². The molecule has 6 heteroatoms. The Morgan fingerprint density at radius 2 is 1.23 bits per heavy atom. The molecule has 0 bridgehead atoms. The van der Waals surface area contributed by atoms with Crippen molar-refractivity contribution in [2.75, 3.05) is 23.3 Å². The van der Waals surface area contributed by atoms with E-state index in [1.807, 2.05) is 24.3 Å². The number of hydrogen-bond donors (Lipinski definition) is 1. The van der Waals surface area contributed by atoms with Crippen LogP contribution in [-0.2, 0) is 6.54 Å². The lowest BCUT2D eigenvalue weighted by atomic mass is 10.1. The average molecular weight is 598 g/mol. The summed E-state index contributed by atoms with van der Waals surface area (Å²) in [5.41, 5.74) is 3.94. The molecule has 6 rings (SSSR count). The number of anilines is 2. The van der Waals surface area contributed by atoms with Gasteiger partial charge < -0.3 is 14.6 Å². The maximum Gasteiger partial charge on any atom is 0.338 e. The quantitative estimate of drug-likeness (QED) is 0.128. The first kappa shape index (κ1) is 29.2. The van der Waals surface area contributed by atoms with Crippen molar-refractivity contribution in [3.05, 3.63) is 156 Å². The molecule has 5 nitrogen and oxygen atoms in total. The molecule has 0 unspecified atom stereocenters. The smallest absolute Gasteiger partial charge is 0.338 e. The van der Waals surface area contributed by atoms with Crippen molar-refractivity contribution in [3.63, 3.8) is 0 Å². The monoisotopic (exact) mass is 597 g/mol. The van der Waals surface area contributed by atoms with Crippen LogP contribution in [0.1, 0.15) is 19.4 Å². The molecule has 0 spiro atoms. The van der Waals surface area contributed by atoms with Gasteiger partial charge in [0.1, 0.15) is 5.58 Å². The van der Waals surface area contributed by atoms with Crippen LogP contribution in [-0.4, -0.2) is 13.1 Å². The molecule has 44 heavy (non-hydrogen) atoms. The van der Waals surface area contributed by atoms with Gasteiger partial charge in [0.05, 0.1) is 18.4 Å². The molecule has 5 aromatic carbocycles. The van der Waals surface area contributed by atoms with Crippen LogP contribution >= 0.6 is 7.05 Å². The summed E-state index contributed by atoms with van der Waals surface area (Å²) in [5.74, 6) is 0. The van der Waals surface area contributed by atoms with Gasteiger partial charge in [-0.2, -0.15) is 0 Å². The van der Waals surface area contributed by atoms with E-state index in [9.17, 15) is 4.79 Å². The lowest BCUT2D eigenvalue weighted by Gasteiger charge is -2.27. The molecular formula is C38H36N3O2P. The minimum Gasteiger partial charge on any atom is -0.423 e. The minimum atomic E-state index is -2.44. The van der Waals surface area contributed by atoms with Crippen LogP contribution in [0.15, 0.2) is 153 Å². The molecule has 0 radical (unpaired) electrons. The first-order valence-electron chi connectivity index (χ1n) is 15.1. The van der Waals surface area contributed by atoms with Crippen molar-refractivity contribution in [3.8, 4) is 0 Å². The van der Waals surface area contributed by atoms with Gasteiger partial charge in [0.2, 0.25) is 0 Å². The normalized spacial score (nSPS) is 11.3. The number of hydrogen-bond acceptors (Lipinski definition) is 5. The molecule has 0 aliphatic heterocycles. The van der Waals surface area contributed by atoms with Gasteiger partial charge in [0, 0.05) is 58.8 Å². The number of nitrogens with zero attached hydrogens (tertiary/aromatic N) is 2. The van der Waals surface area contributed by atoms with E-state index in [1.54, 1.807) is 0 Å². The molecule has 220 valence electrons. The fourth-order valence-electron chi connectivity index (χ4n) is 5.74. The summed E-state index contributed by atoms with van der Waals surface area (Å²) in [6.45, 7) is 6.49. The summed E-state index contributed by atoms with van der Waals surface area (Å²) in [4.78, 5) is 14.9. The van der Waals surface area contributed by atoms with Crippen LogP contribution in [0, 0.1) is 0 Å². The van der Waals surface area contributed by atoms with E-state index in [2.05, 4.69) is 133 Å². The highest BCUT2D eigenvalue weighted by molar-refractivity contribution is 7.87. The third-order valence-electron chi connectivity index (χ3n) is 7.96. The number of benzene rings is 5. The molecule has 0 saturated heterocycles. The van der Waals surface area contributed by atoms with Crippen molar-refractivity contribution < 1.29 is 4.42 Å². The van der Waals surface area contributed by atoms with Gasteiger partial charge in [-0.1, -0.05) is 109 Å². The first-order valence-corrected chi connectivity index (χ1v) is 16.8. The van der Waals surface area contributed by atoms with Crippen molar-refractivity contribution >= 4 is 51.0 Å². The molecule has 1 N–H and O–H groups in total. The minimum absolute atomic E-state index is 0.378. The SMILES string of the molecule is CCN(CC)c1ccc2c(NCc3ccccc3N=P(c3ccccc3)(c3ccccc3)c3ccccc3)cc(=O)oc2c1. The number of fused-ring (bicyclic) bond motifs is 1. The maximum atomic E-state index is 12.6. The van der Waals surface area contributed by atoms with Gasteiger partial charge in [-0.15, -0.1) is 0 Å². The second-order valence-corrected chi connectivity index (χ2v) is 13.6. The molecule has 0 amide bonds. The Balaban J connectivity index is 1.47. The van der Waals surface area contributed by atoms with E-state index in [4.69, 9.17) is 9.16 Å². The fourth-order valence-corrected chi connectivity index (χ4v) is 9.31. The maximum absolute atomic E-state index is 12.6. The van der Waals surface area contributed by atoms with Gasteiger partial charge >= 0.3 is 5.63 Å². The summed E-state index contributed by atoms with van der Waals surface area (Å²) >= 11 is 0. The average Bonchev–Trinajstić information content (AvgIpc) is 3.08. The predicted molar refractivity (Wildman–Crippen MR) is 187 cm³/mol. The van der Waals surface area contributed by atoms with Crippen molar-refractivity contribution in [1.82, 2.24) is 0 Å². The molecule has 0 atom stereocenters. The molecular weight excluding hydrogens is 561 g/mol. The Hall–Kier alpha value is -4.86. The number of nitrogens with one attached hydrogen (secondary N) is 1. The van der Waals surface area contributed by atoms with Crippen LogP contribution in [0.4, 0.5) is 17.1 Å². The zero-order valence-corrected chi connectivity index (χ0v) is 26.0. The van der Waals surface area contributed by atoms with Crippen LogP contribution in [0.25, 0.3) is 11.0 Å². The highest BCUT2D eigenvalue weighted by Crippen LogP contribution is 2.49. The zero-order valence-electron chi connectivity index (χ0n) is 25.1. The summed E-state index contributed by atoms with van der Waals surface area (Å²) < 4.78 is 11.4. The fraction of sp³-hybridized carbons (Fsp3) is 0.132. The molecule has 0 saturated carbocycles. The van der Waals surface area contributed by atoms with E-state index in [0.29, 0.717) is 12.1 Å². The molecule has 0 fully saturated rings. The van der Waals surface area contributed by atoms with E-state index >= 15 is 0 Å². The van der Waals surface area contributed by atoms with Crippen LogP contribution in [0.3, 0.4) is 0 Å². The van der Waals surface area contributed by atoms with Crippen molar-refractivity contribution in [1.29, 1.82) is 0 Å². The highest BCUT2D eigenvalue weighted by Gasteiger charge is 2.27. The summed E-state index contributed by atoms with van der Waals surface area (Å²) in [6.07, 6.45) is 0. The van der Waals surface area contributed by atoms with Crippen LogP contribution in [0.5, 0.6) is 0 Å². The second-order valence-electron chi connectivity index (χ2n) is 10.6. The van der Waals surface area contributed by atoms with E-state index in [0.717, 1.165) is 41.1 Å². The van der Waals surface area contributed by atoms with E-state index in [1.165, 1.54) is 22.0 Å². The largest absolute Gasteiger partial charge is 0.423 e. The van der Waals surface area contributed by atoms with Gasteiger partial charge in [0.25, 0.3) is 0 Å². The van der Waals surface area contributed by atoms with Gasteiger partial charge in [-0.05, 0) is 37.6 Å². The Labute approximate surface area is 258 Å². The Morgan fingerprint density at radius 3 is 1.80 bits per heavy atom. The zero-order chi connectivity index (χ0) is 30.4. The van der Waals surface area contributed by atoms with Crippen LogP contribution in [0.2, 0.25) is 0 Å². The Bertz CT molecular complexity index is 1870. The van der Waals surface area contributed by atoms with Gasteiger partial charge in [-0.3, -0.25) is 4.74 Å². The molecule has 6 aromatic rings. The summed E-state index contributed by atoms with van der Waals surface area (Å²) in [6, 6.07) is 47.8. The Morgan fingerprint density at radius 1 is 0.682 bits per heavy atom.